The Balaban J connectivity index is 2.03. The molecular weight excluding hydrogens is 390 g/mol. The molecule has 1 atom stereocenters. The average molecular weight is 413 g/mol. The first-order valence-electron chi connectivity index (χ1n) is 8.98. The number of hydrogen-bond donors (Lipinski definition) is 3. The molecule has 0 aliphatic carbocycles. The first-order chi connectivity index (χ1) is 14.2. The van der Waals surface area contributed by atoms with Crippen LogP contribution in [0.15, 0.2) is 30.5 Å². The van der Waals surface area contributed by atoms with Crippen LogP contribution in [0, 0.1) is 11.3 Å². The number of carbonyl (C=O) groups excluding carboxylic acids is 2. The number of allylic oxidation sites excluding steroid dienone is 1. The number of nitrogens with zero attached hydrogens (tertiary/aromatic N) is 4. The summed E-state index contributed by atoms with van der Waals surface area (Å²) in [6.07, 6.45) is 0.974. The molecule has 0 bridgehead atoms. The van der Waals surface area contributed by atoms with Gasteiger partial charge in [0.15, 0.2) is 0 Å². The largest absolute Gasteiger partial charge is 0.467 e. The normalized spacial score (nSPS) is 12.4. The second-order valence-electron chi connectivity index (χ2n) is 7.17. The fourth-order valence-corrected chi connectivity index (χ4v) is 2.34. The maximum atomic E-state index is 12.0. The van der Waals surface area contributed by atoms with E-state index >= 15 is 0 Å². The van der Waals surface area contributed by atoms with E-state index in [4.69, 9.17) is 14.7 Å². The zero-order valence-electron chi connectivity index (χ0n) is 17.1. The summed E-state index contributed by atoms with van der Waals surface area (Å²) in [6.45, 7) is 5.20. The average Bonchev–Trinajstić information content (AvgIpc) is 3.21. The van der Waals surface area contributed by atoms with Crippen molar-refractivity contribution in [2.75, 3.05) is 12.4 Å². The highest BCUT2D eigenvalue weighted by Crippen LogP contribution is 2.14. The molecule has 11 nitrogen and oxygen atoms in total. The molecule has 1 heterocycles. The first-order valence-corrected chi connectivity index (χ1v) is 8.98. The number of tetrazole rings is 1. The first kappa shape index (κ1) is 22.4. The number of benzene rings is 1. The van der Waals surface area contributed by atoms with Gasteiger partial charge in [0.2, 0.25) is 5.82 Å². The molecule has 30 heavy (non-hydrogen) atoms. The number of H-pyrrole nitrogens is 1. The monoisotopic (exact) mass is 413 g/mol. The van der Waals surface area contributed by atoms with Gasteiger partial charge in [-0.15, -0.1) is 10.2 Å². The van der Waals surface area contributed by atoms with Crippen LogP contribution in [0.4, 0.5) is 10.5 Å². The Morgan fingerprint density at radius 3 is 2.53 bits per heavy atom. The number of nitrogens with one attached hydrogen (secondary N) is 3. The van der Waals surface area contributed by atoms with Crippen molar-refractivity contribution in [3.05, 3.63) is 41.9 Å². The fourth-order valence-electron chi connectivity index (χ4n) is 2.34. The minimum absolute atomic E-state index is 0.177. The lowest BCUT2D eigenvalue weighted by Gasteiger charge is -2.22. The Hall–Kier alpha value is -3.94. The molecule has 0 saturated carbocycles. The molecule has 2 aromatic rings. The number of esters is 1. The Bertz CT molecular complexity index is 925. The Labute approximate surface area is 173 Å². The molecule has 1 amide bonds. The summed E-state index contributed by atoms with van der Waals surface area (Å²) in [4.78, 5) is 24.1. The van der Waals surface area contributed by atoms with Gasteiger partial charge in [-0.2, -0.15) is 10.5 Å². The van der Waals surface area contributed by atoms with E-state index in [1.807, 2.05) is 6.07 Å². The van der Waals surface area contributed by atoms with Gasteiger partial charge in [-0.25, -0.2) is 9.59 Å². The topological polar surface area (TPSA) is 155 Å². The third kappa shape index (κ3) is 6.90. The Kier molecular flexibility index (Phi) is 7.46. The van der Waals surface area contributed by atoms with E-state index in [-0.39, 0.29) is 17.8 Å². The van der Waals surface area contributed by atoms with Gasteiger partial charge < -0.3 is 20.1 Å². The molecule has 158 valence electrons. The number of carbonyl (C=O) groups is 2. The molecule has 1 aromatic carbocycles. The molecule has 3 N–H and O–H groups in total. The number of methoxy groups -OCH3 is 1. The van der Waals surface area contributed by atoms with Crippen molar-refractivity contribution in [3.8, 4) is 6.07 Å². The van der Waals surface area contributed by atoms with Gasteiger partial charge >= 0.3 is 12.1 Å². The quantitative estimate of drug-likeness (QED) is 0.455. The maximum Gasteiger partial charge on any atom is 0.408 e. The van der Waals surface area contributed by atoms with Gasteiger partial charge in [0.05, 0.1) is 7.11 Å². The van der Waals surface area contributed by atoms with Crippen molar-refractivity contribution in [2.24, 2.45) is 0 Å². The lowest BCUT2D eigenvalue weighted by Crippen LogP contribution is -2.45. The van der Waals surface area contributed by atoms with Crippen molar-refractivity contribution >= 4 is 23.3 Å². The van der Waals surface area contributed by atoms with Crippen LogP contribution in [0.2, 0.25) is 0 Å². The number of alkyl carbamates (subject to hydrolysis) is 1. The van der Waals surface area contributed by atoms with Crippen LogP contribution in [0.1, 0.15) is 32.2 Å². The van der Waals surface area contributed by atoms with Crippen LogP contribution in [0.25, 0.3) is 5.57 Å². The zero-order valence-corrected chi connectivity index (χ0v) is 17.1. The second kappa shape index (κ2) is 10.0. The summed E-state index contributed by atoms with van der Waals surface area (Å²) in [5.74, 6) is -0.402. The summed E-state index contributed by atoms with van der Waals surface area (Å²) >= 11 is 0. The maximum absolute atomic E-state index is 12.0. The number of anilines is 1. The Morgan fingerprint density at radius 2 is 2.00 bits per heavy atom. The minimum atomic E-state index is -0.896. The predicted octanol–water partition coefficient (Wildman–Crippen LogP) is 1.79. The molecule has 1 aromatic heterocycles. The smallest absolute Gasteiger partial charge is 0.408 e. The molecule has 1 unspecified atom stereocenters. The predicted molar refractivity (Wildman–Crippen MR) is 107 cm³/mol. The van der Waals surface area contributed by atoms with Crippen molar-refractivity contribution in [1.29, 1.82) is 5.26 Å². The summed E-state index contributed by atoms with van der Waals surface area (Å²) in [6, 6.07) is 8.17. The summed E-state index contributed by atoms with van der Waals surface area (Å²) in [5, 5.41) is 27.9. The van der Waals surface area contributed by atoms with Crippen LogP contribution in [-0.2, 0) is 20.7 Å². The van der Waals surface area contributed by atoms with E-state index in [9.17, 15) is 9.59 Å². The zero-order chi connectivity index (χ0) is 22.1. The molecule has 2 rings (SSSR count). The Morgan fingerprint density at radius 1 is 1.30 bits per heavy atom. The number of amides is 1. The number of ether oxygens (including phenoxy) is 2. The van der Waals surface area contributed by atoms with Gasteiger partial charge in [0.1, 0.15) is 23.3 Å². The molecule has 11 heteroatoms. The van der Waals surface area contributed by atoms with Crippen LogP contribution in [0.5, 0.6) is 0 Å². The molecule has 0 fully saturated rings. The van der Waals surface area contributed by atoms with Gasteiger partial charge in [0.25, 0.3) is 0 Å². The highest BCUT2D eigenvalue weighted by Gasteiger charge is 2.25. The van der Waals surface area contributed by atoms with Crippen molar-refractivity contribution < 1.29 is 19.1 Å². The summed E-state index contributed by atoms with van der Waals surface area (Å²) in [7, 11) is 1.25. The van der Waals surface area contributed by atoms with Gasteiger partial charge in [-0.3, -0.25) is 0 Å². The van der Waals surface area contributed by atoms with E-state index < -0.39 is 23.7 Å². The van der Waals surface area contributed by atoms with Gasteiger partial charge in [-0.1, -0.05) is 12.1 Å². The van der Waals surface area contributed by atoms with E-state index in [1.165, 1.54) is 13.3 Å². The molecule has 0 spiro atoms. The standard InChI is InChI=1S/C19H23N7O4/c1-19(2,3)30-18(28)22-15(17(27)29-4)9-12-5-7-14(8-6-12)21-11-13(10-20)16-23-25-26-24-16/h5-8,11,15,21H,9H2,1-4H3,(H,22,28)(H,23,24,25,26). The summed E-state index contributed by atoms with van der Waals surface area (Å²) in [5.41, 5.74) is 1.01. The van der Waals surface area contributed by atoms with Crippen LogP contribution in [-0.4, -0.2) is 51.4 Å². The lowest BCUT2D eigenvalue weighted by atomic mass is 10.1. The molecular formula is C19H23N7O4. The third-order valence-electron chi connectivity index (χ3n) is 3.66. The number of aromatic nitrogens is 4. The van der Waals surface area contributed by atoms with E-state index in [1.54, 1.807) is 45.0 Å². The van der Waals surface area contributed by atoms with Crippen molar-refractivity contribution in [3.63, 3.8) is 0 Å². The second-order valence-corrected chi connectivity index (χ2v) is 7.17. The highest BCUT2D eigenvalue weighted by atomic mass is 16.6. The van der Waals surface area contributed by atoms with Crippen molar-refractivity contribution in [1.82, 2.24) is 25.9 Å². The molecule has 0 aliphatic heterocycles. The lowest BCUT2D eigenvalue weighted by molar-refractivity contribution is -0.143. The number of hydrogen-bond acceptors (Lipinski definition) is 9. The number of rotatable bonds is 7. The van der Waals surface area contributed by atoms with Gasteiger partial charge in [0, 0.05) is 18.3 Å². The molecule has 0 saturated heterocycles. The van der Waals surface area contributed by atoms with E-state index in [2.05, 4.69) is 31.3 Å². The van der Waals surface area contributed by atoms with Crippen LogP contribution in [0.3, 0.4) is 0 Å². The fraction of sp³-hybridized carbons (Fsp3) is 0.368. The number of nitriles is 1. The van der Waals surface area contributed by atoms with E-state index in [0.29, 0.717) is 5.69 Å². The van der Waals surface area contributed by atoms with Crippen LogP contribution < -0.4 is 10.6 Å². The van der Waals surface area contributed by atoms with Gasteiger partial charge in [-0.05, 0) is 43.7 Å². The summed E-state index contributed by atoms with van der Waals surface area (Å²) < 4.78 is 9.97. The SMILES string of the molecule is COC(=O)C(Cc1ccc(NC=C(C#N)c2nn[nH]n2)cc1)NC(=O)OC(C)(C)C. The van der Waals surface area contributed by atoms with E-state index in [0.717, 1.165) is 5.56 Å². The molecule has 0 radical (unpaired) electrons. The highest BCUT2D eigenvalue weighted by molar-refractivity contribution is 5.81. The number of aromatic amines is 1. The third-order valence-corrected chi connectivity index (χ3v) is 3.66. The molecule has 0 aliphatic rings. The van der Waals surface area contributed by atoms with Crippen LogP contribution >= 0.6 is 0 Å². The minimum Gasteiger partial charge on any atom is -0.467 e. The van der Waals surface area contributed by atoms with Crippen molar-refractivity contribution in [2.45, 2.75) is 38.8 Å².